The first kappa shape index (κ1) is 16.1. The third-order valence-electron chi connectivity index (χ3n) is 3.20. The second-order valence-electron chi connectivity index (χ2n) is 4.68. The van der Waals surface area contributed by atoms with Gasteiger partial charge in [-0.3, -0.25) is 0 Å². The molecule has 1 atom stereocenters. The van der Waals surface area contributed by atoms with Gasteiger partial charge < -0.3 is 5.73 Å². The van der Waals surface area contributed by atoms with Gasteiger partial charge in [-0.25, -0.2) is 13.4 Å². The maximum atomic E-state index is 12.4. The highest BCUT2D eigenvalue weighted by Crippen LogP contribution is 2.16. The number of sulfonamides is 1. The highest BCUT2D eigenvalue weighted by Gasteiger charge is 2.25. The predicted octanol–water partition coefficient (Wildman–Crippen LogP) is 1.60. The Hall–Kier alpha value is -0.980. The Labute approximate surface area is 115 Å². The van der Waals surface area contributed by atoms with Gasteiger partial charge >= 0.3 is 0 Å². The van der Waals surface area contributed by atoms with Crippen LogP contribution in [0, 0.1) is 5.92 Å². The maximum Gasteiger partial charge on any atom is 0.260 e. The van der Waals surface area contributed by atoms with Crippen LogP contribution in [0.25, 0.3) is 0 Å². The molecule has 6 heteroatoms. The summed E-state index contributed by atoms with van der Waals surface area (Å²) in [6, 6.07) is 3.23. The van der Waals surface area contributed by atoms with Gasteiger partial charge in [-0.05, 0) is 17.5 Å². The second-order valence-corrected chi connectivity index (χ2v) is 6.56. The molecule has 1 aromatic heterocycles. The zero-order chi connectivity index (χ0) is 14.5. The zero-order valence-electron chi connectivity index (χ0n) is 11.8. The predicted molar refractivity (Wildman–Crippen MR) is 76.0 cm³/mol. The molecule has 108 valence electrons. The standard InChI is InChI=1S/C13H23N3O2S/c1-4-11(3)10-16(5-2)19(17,18)13-7-6-12(8-14)9-15-13/h6-7,9,11H,4-5,8,10,14H2,1-3H3. The third-order valence-corrected chi connectivity index (χ3v) is 5.06. The van der Waals surface area contributed by atoms with Crippen LogP contribution in [0.1, 0.15) is 32.8 Å². The van der Waals surface area contributed by atoms with Crippen molar-refractivity contribution in [1.82, 2.24) is 9.29 Å². The van der Waals surface area contributed by atoms with Crippen LogP contribution in [0.15, 0.2) is 23.4 Å². The summed E-state index contributed by atoms with van der Waals surface area (Å²) in [7, 11) is -3.50. The highest BCUT2D eigenvalue weighted by molar-refractivity contribution is 7.89. The lowest BCUT2D eigenvalue weighted by Gasteiger charge is -2.22. The fourth-order valence-corrected chi connectivity index (χ4v) is 3.17. The Kier molecular flexibility index (Phi) is 5.90. The Bertz CT molecular complexity index is 485. The maximum absolute atomic E-state index is 12.4. The molecule has 0 aliphatic carbocycles. The van der Waals surface area contributed by atoms with Gasteiger partial charge in [0.15, 0.2) is 5.03 Å². The van der Waals surface area contributed by atoms with Gasteiger partial charge in [-0.1, -0.05) is 33.3 Å². The molecule has 0 fully saturated rings. The van der Waals surface area contributed by atoms with Crippen molar-refractivity contribution in [2.75, 3.05) is 13.1 Å². The SMILES string of the molecule is CCC(C)CN(CC)S(=O)(=O)c1ccc(CN)cn1. The van der Waals surface area contributed by atoms with Crippen molar-refractivity contribution in [3.8, 4) is 0 Å². The van der Waals surface area contributed by atoms with E-state index in [0.29, 0.717) is 25.6 Å². The summed E-state index contributed by atoms with van der Waals surface area (Å²) in [6.45, 7) is 7.27. The molecule has 1 aromatic rings. The molecule has 0 radical (unpaired) electrons. The van der Waals surface area contributed by atoms with Crippen LogP contribution in [-0.2, 0) is 16.6 Å². The fourth-order valence-electron chi connectivity index (χ4n) is 1.69. The molecule has 0 amide bonds. The monoisotopic (exact) mass is 285 g/mol. The molecule has 0 aliphatic heterocycles. The normalized spacial score (nSPS) is 13.7. The Morgan fingerprint density at radius 1 is 1.37 bits per heavy atom. The number of pyridine rings is 1. The smallest absolute Gasteiger partial charge is 0.260 e. The van der Waals surface area contributed by atoms with Crippen molar-refractivity contribution in [3.63, 3.8) is 0 Å². The second kappa shape index (κ2) is 6.98. The molecule has 0 saturated carbocycles. The molecule has 19 heavy (non-hydrogen) atoms. The van der Waals surface area contributed by atoms with Crippen LogP contribution in [0.5, 0.6) is 0 Å². The molecule has 1 rings (SSSR count). The molecule has 1 heterocycles. The van der Waals surface area contributed by atoms with E-state index in [-0.39, 0.29) is 5.03 Å². The van der Waals surface area contributed by atoms with Gasteiger partial charge in [0.1, 0.15) is 0 Å². The van der Waals surface area contributed by atoms with Gasteiger partial charge in [-0.2, -0.15) is 4.31 Å². The fraction of sp³-hybridized carbons (Fsp3) is 0.615. The summed E-state index contributed by atoms with van der Waals surface area (Å²) in [5.74, 6) is 0.332. The lowest BCUT2D eigenvalue weighted by molar-refractivity contribution is 0.360. The molecule has 0 saturated heterocycles. The summed E-state index contributed by atoms with van der Waals surface area (Å²) in [6.07, 6.45) is 2.47. The van der Waals surface area contributed by atoms with E-state index >= 15 is 0 Å². The van der Waals surface area contributed by atoms with Crippen LogP contribution >= 0.6 is 0 Å². The number of aromatic nitrogens is 1. The molecular weight excluding hydrogens is 262 g/mol. The van der Waals surface area contributed by atoms with Gasteiger partial charge in [0, 0.05) is 25.8 Å². The van der Waals surface area contributed by atoms with Crippen molar-refractivity contribution in [2.45, 2.75) is 38.8 Å². The minimum Gasteiger partial charge on any atom is -0.326 e. The third kappa shape index (κ3) is 3.99. The Balaban J connectivity index is 2.99. The van der Waals surface area contributed by atoms with E-state index in [1.54, 1.807) is 6.07 Å². The largest absolute Gasteiger partial charge is 0.326 e. The van der Waals surface area contributed by atoms with Crippen molar-refractivity contribution >= 4 is 10.0 Å². The molecule has 2 N–H and O–H groups in total. The first-order valence-electron chi connectivity index (χ1n) is 6.60. The average Bonchev–Trinajstić information content (AvgIpc) is 2.44. The van der Waals surface area contributed by atoms with Gasteiger partial charge in [0.25, 0.3) is 10.0 Å². The number of nitrogens with two attached hydrogens (primary N) is 1. The topological polar surface area (TPSA) is 76.3 Å². The zero-order valence-corrected chi connectivity index (χ0v) is 12.7. The first-order chi connectivity index (χ1) is 8.95. The van der Waals surface area contributed by atoms with Crippen LogP contribution in [0.2, 0.25) is 0 Å². The quantitative estimate of drug-likeness (QED) is 0.825. The van der Waals surface area contributed by atoms with Gasteiger partial charge in [0.05, 0.1) is 0 Å². The summed E-state index contributed by atoms with van der Waals surface area (Å²) in [5, 5.41) is 0.0925. The van der Waals surface area contributed by atoms with E-state index in [2.05, 4.69) is 11.9 Å². The van der Waals surface area contributed by atoms with E-state index in [4.69, 9.17) is 5.73 Å². The van der Waals surface area contributed by atoms with E-state index < -0.39 is 10.0 Å². The van der Waals surface area contributed by atoms with Gasteiger partial charge in [0.2, 0.25) is 0 Å². The molecule has 0 aliphatic rings. The Morgan fingerprint density at radius 2 is 2.05 bits per heavy atom. The lowest BCUT2D eigenvalue weighted by Crippen LogP contribution is -2.35. The Morgan fingerprint density at radius 3 is 2.47 bits per heavy atom. The lowest BCUT2D eigenvalue weighted by atomic mass is 10.1. The number of hydrogen-bond donors (Lipinski definition) is 1. The number of rotatable bonds is 7. The molecule has 1 unspecified atom stereocenters. The molecular formula is C13H23N3O2S. The number of hydrogen-bond acceptors (Lipinski definition) is 4. The summed E-state index contributed by atoms with van der Waals surface area (Å²) in [5.41, 5.74) is 6.30. The molecule has 0 spiro atoms. The summed E-state index contributed by atoms with van der Waals surface area (Å²) >= 11 is 0. The first-order valence-corrected chi connectivity index (χ1v) is 8.04. The van der Waals surface area contributed by atoms with Crippen molar-refractivity contribution in [2.24, 2.45) is 11.7 Å². The van der Waals surface area contributed by atoms with Crippen LogP contribution in [0.4, 0.5) is 0 Å². The van der Waals surface area contributed by atoms with E-state index in [9.17, 15) is 8.42 Å². The van der Waals surface area contributed by atoms with E-state index in [0.717, 1.165) is 12.0 Å². The van der Waals surface area contributed by atoms with Crippen molar-refractivity contribution in [3.05, 3.63) is 23.9 Å². The minimum absolute atomic E-state index is 0.0925. The highest BCUT2D eigenvalue weighted by atomic mass is 32.2. The molecule has 5 nitrogen and oxygen atoms in total. The van der Waals surface area contributed by atoms with Crippen LogP contribution in [0.3, 0.4) is 0 Å². The van der Waals surface area contributed by atoms with Crippen molar-refractivity contribution < 1.29 is 8.42 Å². The minimum atomic E-state index is -3.50. The molecule has 0 bridgehead atoms. The summed E-state index contributed by atoms with van der Waals surface area (Å²) in [4.78, 5) is 4.01. The molecule has 0 aromatic carbocycles. The number of nitrogens with zero attached hydrogens (tertiary/aromatic N) is 2. The van der Waals surface area contributed by atoms with Gasteiger partial charge in [-0.15, -0.1) is 0 Å². The van der Waals surface area contributed by atoms with E-state index in [1.165, 1.54) is 16.6 Å². The van der Waals surface area contributed by atoms with Crippen LogP contribution < -0.4 is 5.73 Å². The van der Waals surface area contributed by atoms with Crippen LogP contribution in [-0.4, -0.2) is 30.8 Å². The summed E-state index contributed by atoms with van der Waals surface area (Å²) < 4.78 is 26.4. The van der Waals surface area contributed by atoms with Crippen molar-refractivity contribution in [1.29, 1.82) is 0 Å². The van der Waals surface area contributed by atoms with E-state index in [1.807, 2.05) is 13.8 Å². The average molecular weight is 285 g/mol.